The smallest absolute Gasteiger partial charge is 0.417 e. The molecule has 0 radical (unpaired) electrons. The summed E-state index contributed by atoms with van der Waals surface area (Å²) in [5, 5.41) is 3.73. The van der Waals surface area contributed by atoms with Crippen molar-refractivity contribution >= 4 is 12.0 Å². The van der Waals surface area contributed by atoms with E-state index < -0.39 is 18.4 Å². The number of rotatable bonds is 5. The van der Waals surface area contributed by atoms with Gasteiger partial charge in [-0.15, -0.1) is 0 Å². The minimum absolute atomic E-state index is 0.0708. The van der Waals surface area contributed by atoms with Crippen LogP contribution in [-0.2, 0) is 6.18 Å². The molecule has 0 aliphatic carbocycles. The van der Waals surface area contributed by atoms with Crippen molar-refractivity contribution in [2.75, 3.05) is 5.43 Å². The lowest BCUT2D eigenvalue weighted by Crippen LogP contribution is -2.06. The van der Waals surface area contributed by atoms with Crippen LogP contribution in [0.15, 0.2) is 47.7 Å². The molecule has 0 bridgehead atoms. The van der Waals surface area contributed by atoms with Gasteiger partial charge in [-0.25, -0.2) is 4.98 Å². The molecule has 9 heteroatoms. The Morgan fingerprint density at radius 2 is 1.87 bits per heavy atom. The van der Waals surface area contributed by atoms with Crippen molar-refractivity contribution in [3.05, 3.63) is 53.7 Å². The number of hydrogen-bond donors (Lipinski definition) is 1. The lowest BCUT2D eigenvalue weighted by molar-refractivity contribution is -0.137. The largest absolute Gasteiger partial charge is 0.434 e. The molecule has 1 aromatic heterocycles. The molecule has 0 unspecified atom stereocenters. The van der Waals surface area contributed by atoms with E-state index in [0.29, 0.717) is 6.20 Å². The predicted octanol–water partition coefficient (Wildman–Crippen LogP) is 4.15. The van der Waals surface area contributed by atoms with E-state index in [1.807, 2.05) is 0 Å². The molecule has 1 aromatic carbocycles. The molecule has 2 aromatic rings. The zero-order valence-electron chi connectivity index (χ0n) is 11.4. The highest BCUT2D eigenvalue weighted by atomic mass is 19.4. The van der Waals surface area contributed by atoms with Crippen LogP contribution in [0, 0.1) is 0 Å². The summed E-state index contributed by atoms with van der Waals surface area (Å²) in [7, 11) is 0. The quantitative estimate of drug-likeness (QED) is 0.509. The maximum absolute atomic E-state index is 12.4. The number of pyridine rings is 1. The molecular formula is C14H10F5N3O. The Balaban J connectivity index is 2.05. The molecule has 2 rings (SSSR count). The zero-order chi connectivity index (χ0) is 16.9. The van der Waals surface area contributed by atoms with E-state index >= 15 is 0 Å². The molecule has 0 amide bonds. The number of hydrogen-bond acceptors (Lipinski definition) is 4. The first-order valence-corrected chi connectivity index (χ1v) is 6.22. The third kappa shape index (κ3) is 4.90. The first kappa shape index (κ1) is 16.7. The van der Waals surface area contributed by atoms with Crippen molar-refractivity contribution in [2.45, 2.75) is 12.8 Å². The van der Waals surface area contributed by atoms with Gasteiger partial charge in [0.25, 0.3) is 0 Å². The minimum atomic E-state index is -4.47. The summed E-state index contributed by atoms with van der Waals surface area (Å²) in [5.41, 5.74) is 1.78. The standard InChI is InChI=1S/C14H10F5N3O/c15-13(16)23-11-4-2-1-3-9(11)7-21-22-12-6-5-10(8-20-12)14(17,18)19/h1-8,13H,(H,20,22)/b21-7-. The minimum Gasteiger partial charge on any atom is -0.434 e. The Bertz CT molecular complexity index is 671. The number of nitrogens with one attached hydrogen (secondary N) is 1. The molecule has 122 valence electrons. The summed E-state index contributed by atoms with van der Waals surface area (Å²) < 4.78 is 65.9. The molecule has 0 aliphatic heterocycles. The van der Waals surface area contributed by atoms with E-state index in [1.54, 1.807) is 6.07 Å². The van der Waals surface area contributed by atoms with E-state index in [2.05, 4.69) is 20.2 Å². The number of anilines is 1. The topological polar surface area (TPSA) is 46.5 Å². The molecule has 0 atom stereocenters. The van der Waals surface area contributed by atoms with Crippen molar-refractivity contribution in [1.29, 1.82) is 0 Å². The number of aromatic nitrogens is 1. The second kappa shape index (κ2) is 7.03. The predicted molar refractivity (Wildman–Crippen MR) is 73.5 cm³/mol. The van der Waals surface area contributed by atoms with Gasteiger partial charge in [0.15, 0.2) is 0 Å². The van der Waals surface area contributed by atoms with Crippen molar-refractivity contribution < 1.29 is 26.7 Å². The van der Waals surface area contributed by atoms with Gasteiger partial charge in [-0.1, -0.05) is 12.1 Å². The molecule has 0 saturated carbocycles. The van der Waals surface area contributed by atoms with Crippen LogP contribution in [0.3, 0.4) is 0 Å². The van der Waals surface area contributed by atoms with Crippen molar-refractivity contribution in [1.82, 2.24) is 4.98 Å². The number of hydrazone groups is 1. The lowest BCUT2D eigenvalue weighted by Gasteiger charge is -2.07. The highest BCUT2D eigenvalue weighted by Crippen LogP contribution is 2.28. The number of halogens is 5. The second-order valence-corrected chi connectivity index (χ2v) is 4.22. The number of nitrogens with zero attached hydrogens (tertiary/aromatic N) is 2. The Morgan fingerprint density at radius 1 is 1.13 bits per heavy atom. The van der Waals surface area contributed by atoms with E-state index in [1.165, 1.54) is 24.4 Å². The van der Waals surface area contributed by atoms with E-state index in [-0.39, 0.29) is 17.1 Å². The fourth-order valence-corrected chi connectivity index (χ4v) is 1.59. The fourth-order valence-electron chi connectivity index (χ4n) is 1.59. The Hall–Kier alpha value is -2.71. The van der Waals surface area contributed by atoms with E-state index in [4.69, 9.17) is 0 Å². The average Bonchev–Trinajstić information content (AvgIpc) is 2.48. The summed E-state index contributed by atoms with van der Waals surface area (Å²) in [6.45, 7) is -2.98. The first-order chi connectivity index (χ1) is 10.9. The monoisotopic (exact) mass is 331 g/mol. The Morgan fingerprint density at radius 3 is 2.48 bits per heavy atom. The molecule has 0 fully saturated rings. The van der Waals surface area contributed by atoms with Crippen molar-refractivity contribution in [3.63, 3.8) is 0 Å². The number of alkyl halides is 5. The first-order valence-electron chi connectivity index (χ1n) is 6.22. The lowest BCUT2D eigenvalue weighted by atomic mass is 10.2. The maximum atomic E-state index is 12.4. The van der Waals surface area contributed by atoms with Crippen LogP contribution >= 0.6 is 0 Å². The molecule has 0 saturated heterocycles. The average molecular weight is 331 g/mol. The highest BCUT2D eigenvalue weighted by Gasteiger charge is 2.30. The Labute approximate surface area is 127 Å². The third-order valence-electron chi connectivity index (χ3n) is 2.61. The number of ether oxygens (including phenoxy) is 1. The van der Waals surface area contributed by atoms with Crippen LogP contribution in [0.25, 0.3) is 0 Å². The van der Waals surface area contributed by atoms with Crippen LogP contribution in [0.4, 0.5) is 27.8 Å². The normalized spacial score (nSPS) is 11.9. The van der Waals surface area contributed by atoms with Crippen LogP contribution in [0.2, 0.25) is 0 Å². The van der Waals surface area contributed by atoms with Gasteiger partial charge in [0.2, 0.25) is 0 Å². The van der Waals surface area contributed by atoms with Crippen LogP contribution in [0.5, 0.6) is 5.75 Å². The van der Waals surface area contributed by atoms with Gasteiger partial charge < -0.3 is 4.74 Å². The number of benzene rings is 1. The molecule has 23 heavy (non-hydrogen) atoms. The van der Waals surface area contributed by atoms with Crippen LogP contribution < -0.4 is 10.2 Å². The highest BCUT2D eigenvalue weighted by molar-refractivity contribution is 5.83. The Kier molecular flexibility index (Phi) is 5.09. The molecule has 1 N–H and O–H groups in total. The summed E-state index contributed by atoms with van der Waals surface area (Å²) in [6, 6.07) is 7.88. The summed E-state index contributed by atoms with van der Waals surface area (Å²) >= 11 is 0. The van der Waals surface area contributed by atoms with Crippen LogP contribution in [-0.4, -0.2) is 17.8 Å². The van der Waals surface area contributed by atoms with E-state index in [0.717, 1.165) is 12.1 Å². The fraction of sp³-hybridized carbons (Fsp3) is 0.143. The van der Waals surface area contributed by atoms with Gasteiger partial charge in [-0.2, -0.15) is 27.1 Å². The van der Waals surface area contributed by atoms with Gasteiger partial charge in [0, 0.05) is 11.8 Å². The summed E-state index contributed by atoms with van der Waals surface area (Å²) in [6.07, 6.45) is -2.62. The molecular weight excluding hydrogens is 321 g/mol. The van der Waals surface area contributed by atoms with Crippen LogP contribution in [0.1, 0.15) is 11.1 Å². The third-order valence-corrected chi connectivity index (χ3v) is 2.61. The molecule has 0 aliphatic rings. The van der Waals surface area contributed by atoms with Gasteiger partial charge in [-0.3, -0.25) is 5.43 Å². The van der Waals surface area contributed by atoms with Gasteiger partial charge >= 0.3 is 12.8 Å². The molecule has 1 heterocycles. The van der Waals surface area contributed by atoms with Gasteiger partial charge in [0.05, 0.1) is 11.8 Å². The van der Waals surface area contributed by atoms with Crippen molar-refractivity contribution in [3.8, 4) is 5.75 Å². The van der Waals surface area contributed by atoms with E-state index in [9.17, 15) is 22.0 Å². The van der Waals surface area contributed by atoms with Gasteiger partial charge in [-0.05, 0) is 24.3 Å². The summed E-state index contributed by atoms with van der Waals surface area (Å²) in [5.74, 6) is -0.00469. The maximum Gasteiger partial charge on any atom is 0.417 e. The zero-order valence-corrected chi connectivity index (χ0v) is 11.4. The van der Waals surface area contributed by atoms with Crippen molar-refractivity contribution in [2.24, 2.45) is 5.10 Å². The van der Waals surface area contributed by atoms with Gasteiger partial charge in [0.1, 0.15) is 11.6 Å². The number of para-hydroxylation sites is 1. The second-order valence-electron chi connectivity index (χ2n) is 4.22. The SMILES string of the molecule is FC(F)Oc1ccccc1/C=N\Nc1ccc(C(F)(F)F)cn1. The molecule has 0 spiro atoms. The molecule has 4 nitrogen and oxygen atoms in total. The summed E-state index contributed by atoms with van der Waals surface area (Å²) in [4.78, 5) is 3.55.